The van der Waals surface area contributed by atoms with Crippen LogP contribution in [0.15, 0.2) is 36.4 Å². The number of benzene rings is 2. The van der Waals surface area contributed by atoms with E-state index in [0.717, 1.165) is 0 Å². The molecule has 0 bridgehead atoms. The molecule has 0 saturated carbocycles. The molecule has 0 N–H and O–H groups in total. The molecule has 98 valence electrons. The largest absolute Gasteiger partial charge is 0.294 e. The highest BCUT2D eigenvalue weighted by atomic mass is 35.5. The van der Waals surface area contributed by atoms with E-state index in [1.54, 1.807) is 12.1 Å². The fourth-order valence-corrected chi connectivity index (χ4v) is 2.36. The Bertz CT molecular complexity index is 641. The zero-order valence-electron chi connectivity index (χ0n) is 9.59. The van der Waals surface area contributed by atoms with Crippen molar-refractivity contribution in [1.29, 1.82) is 0 Å². The van der Waals surface area contributed by atoms with Gasteiger partial charge in [0.15, 0.2) is 5.78 Å². The van der Waals surface area contributed by atoms with Gasteiger partial charge in [0.05, 0.1) is 10.0 Å². The lowest BCUT2D eigenvalue weighted by Crippen LogP contribution is -2.04. The molecule has 0 aliphatic carbocycles. The number of carbonyl (C=O) groups is 1. The smallest absolute Gasteiger partial charge is 0.168 e. The monoisotopic (exact) mass is 316 g/mol. The van der Waals surface area contributed by atoms with Gasteiger partial charge in [-0.15, -0.1) is 0 Å². The summed E-state index contributed by atoms with van der Waals surface area (Å²) in [5.41, 5.74) is 1.01. The minimum absolute atomic E-state index is 0.00694. The van der Waals surface area contributed by atoms with Crippen LogP contribution in [0.2, 0.25) is 15.1 Å². The maximum atomic E-state index is 13.0. The highest BCUT2D eigenvalue weighted by molar-refractivity contribution is 6.36. The van der Waals surface area contributed by atoms with Crippen LogP contribution in [0.25, 0.3) is 0 Å². The minimum atomic E-state index is -0.512. The second-order valence-corrected chi connectivity index (χ2v) is 5.22. The van der Waals surface area contributed by atoms with Gasteiger partial charge in [0.1, 0.15) is 5.82 Å². The molecule has 0 spiro atoms. The summed E-state index contributed by atoms with van der Waals surface area (Å²) in [5.74, 6) is -0.688. The molecule has 0 saturated heterocycles. The average molecular weight is 318 g/mol. The number of hydrogen-bond acceptors (Lipinski definition) is 1. The van der Waals surface area contributed by atoms with Gasteiger partial charge in [-0.05, 0) is 35.9 Å². The number of carbonyl (C=O) groups excluding carboxylic acids is 1. The third-order valence-electron chi connectivity index (χ3n) is 2.58. The van der Waals surface area contributed by atoms with Gasteiger partial charge in [0, 0.05) is 17.0 Å². The summed E-state index contributed by atoms with van der Waals surface area (Å²) in [5, 5.41) is 0.754. The van der Waals surface area contributed by atoms with Crippen LogP contribution in [0.4, 0.5) is 4.39 Å². The number of hydrogen-bond donors (Lipinski definition) is 0. The van der Waals surface area contributed by atoms with Crippen molar-refractivity contribution >= 4 is 40.6 Å². The predicted octanol–water partition coefficient (Wildman–Crippen LogP) is 5.21. The predicted molar refractivity (Wildman–Crippen MR) is 75.9 cm³/mol. The van der Waals surface area contributed by atoms with Gasteiger partial charge in [-0.1, -0.05) is 40.9 Å². The van der Waals surface area contributed by atoms with Gasteiger partial charge in [-0.2, -0.15) is 0 Å². The topological polar surface area (TPSA) is 17.1 Å². The van der Waals surface area contributed by atoms with E-state index in [0.29, 0.717) is 21.2 Å². The van der Waals surface area contributed by atoms with Crippen LogP contribution >= 0.6 is 34.8 Å². The Labute approximate surface area is 124 Å². The van der Waals surface area contributed by atoms with Crippen molar-refractivity contribution < 1.29 is 9.18 Å². The van der Waals surface area contributed by atoms with Crippen molar-refractivity contribution in [2.24, 2.45) is 0 Å². The van der Waals surface area contributed by atoms with Crippen LogP contribution in [0, 0.1) is 5.82 Å². The van der Waals surface area contributed by atoms with Crippen LogP contribution in [0.5, 0.6) is 0 Å². The SMILES string of the molecule is O=C(Cc1ccc(F)c(Cl)c1)c1ccc(Cl)cc1Cl. The molecule has 0 aliphatic heterocycles. The van der Waals surface area contributed by atoms with Crippen molar-refractivity contribution in [3.63, 3.8) is 0 Å². The lowest BCUT2D eigenvalue weighted by molar-refractivity contribution is 0.0993. The highest BCUT2D eigenvalue weighted by Gasteiger charge is 2.12. The summed E-state index contributed by atoms with van der Waals surface area (Å²) in [4.78, 5) is 12.1. The fraction of sp³-hybridized carbons (Fsp3) is 0.0714. The normalized spacial score (nSPS) is 10.5. The number of rotatable bonds is 3. The van der Waals surface area contributed by atoms with E-state index in [-0.39, 0.29) is 17.2 Å². The van der Waals surface area contributed by atoms with Gasteiger partial charge in [0.25, 0.3) is 0 Å². The molecule has 5 heteroatoms. The molecule has 0 fully saturated rings. The molecule has 0 aliphatic rings. The molecular weight excluding hydrogens is 310 g/mol. The molecule has 0 amide bonds. The third-order valence-corrected chi connectivity index (χ3v) is 3.42. The van der Waals surface area contributed by atoms with Crippen molar-refractivity contribution in [2.45, 2.75) is 6.42 Å². The molecule has 2 rings (SSSR count). The molecule has 0 aromatic heterocycles. The Kier molecular flexibility index (Phi) is 4.46. The van der Waals surface area contributed by atoms with Gasteiger partial charge in [0.2, 0.25) is 0 Å². The summed E-state index contributed by atoms with van der Waals surface area (Å²) >= 11 is 17.4. The zero-order valence-corrected chi connectivity index (χ0v) is 11.9. The first-order valence-electron chi connectivity index (χ1n) is 5.39. The summed E-state index contributed by atoms with van der Waals surface area (Å²) in [6.07, 6.45) is 0.0986. The lowest BCUT2D eigenvalue weighted by Gasteiger charge is -2.05. The molecule has 2 aromatic rings. The standard InChI is InChI=1S/C14H8Cl3FO/c15-9-2-3-10(11(16)7-9)14(19)6-8-1-4-13(18)12(17)5-8/h1-5,7H,6H2. The minimum Gasteiger partial charge on any atom is -0.294 e. The van der Waals surface area contributed by atoms with Gasteiger partial charge in [-0.3, -0.25) is 4.79 Å². The van der Waals surface area contributed by atoms with Crippen LogP contribution in [0.1, 0.15) is 15.9 Å². The van der Waals surface area contributed by atoms with Crippen molar-refractivity contribution in [1.82, 2.24) is 0 Å². The fourth-order valence-electron chi connectivity index (χ4n) is 1.65. The van der Waals surface area contributed by atoms with Gasteiger partial charge in [-0.25, -0.2) is 4.39 Å². The first kappa shape index (κ1) is 14.3. The molecule has 0 atom stereocenters. The Hall–Kier alpha value is -1.09. The first-order valence-corrected chi connectivity index (χ1v) is 6.53. The molecular formula is C14H8Cl3FO. The van der Waals surface area contributed by atoms with Crippen molar-refractivity contribution in [3.05, 3.63) is 68.4 Å². The third kappa shape index (κ3) is 3.47. The van der Waals surface area contributed by atoms with E-state index in [1.165, 1.54) is 24.3 Å². The van der Waals surface area contributed by atoms with Gasteiger partial charge < -0.3 is 0 Å². The van der Waals surface area contributed by atoms with E-state index in [9.17, 15) is 9.18 Å². The quantitative estimate of drug-likeness (QED) is 0.710. The second-order valence-electron chi connectivity index (χ2n) is 3.97. The molecule has 2 aromatic carbocycles. The Balaban J connectivity index is 2.23. The number of Topliss-reactive ketones (excluding diaryl/α,β-unsaturated/α-hetero) is 1. The average Bonchev–Trinajstić information content (AvgIpc) is 2.33. The van der Waals surface area contributed by atoms with E-state index in [4.69, 9.17) is 34.8 Å². The summed E-state index contributed by atoms with van der Waals surface area (Å²) in [6.45, 7) is 0. The van der Waals surface area contributed by atoms with Crippen LogP contribution in [-0.2, 0) is 6.42 Å². The van der Waals surface area contributed by atoms with E-state index >= 15 is 0 Å². The van der Waals surface area contributed by atoms with Gasteiger partial charge >= 0.3 is 0 Å². The van der Waals surface area contributed by atoms with Crippen LogP contribution in [-0.4, -0.2) is 5.78 Å². The molecule has 19 heavy (non-hydrogen) atoms. The van der Waals surface area contributed by atoms with Crippen LogP contribution in [0.3, 0.4) is 0 Å². The maximum Gasteiger partial charge on any atom is 0.168 e. The van der Waals surface area contributed by atoms with Crippen molar-refractivity contribution in [2.75, 3.05) is 0 Å². The summed E-state index contributed by atoms with van der Waals surface area (Å²) in [7, 11) is 0. The molecule has 1 nitrogen and oxygen atoms in total. The van der Waals surface area contributed by atoms with Crippen molar-refractivity contribution in [3.8, 4) is 0 Å². The Morgan fingerprint density at radius 2 is 1.74 bits per heavy atom. The number of ketones is 1. The highest BCUT2D eigenvalue weighted by Crippen LogP contribution is 2.23. The molecule has 0 heterocycles. The summed E-state index contributed by atoms with van der Waals surface area (Å²) in [6, 6.07) is 8.85. The molecule has 0 unspecified atom stereocenters. The maximum absolute atomic E-state index is 13.0. The first-order chi connectivity index (χ1) is 8.97. The van der Waals surface area contributed by atoms with E-state index < -0.39 is 5.82 Å². The Morgan fingerprint density at radius 1 is 1.00 bits per heavy atom. The lowest BCUT2D eigenvalue weighted by atomic mass is 10.0. The molecule has 0 radical (unpaired) electrons. The zero-order chi connectivity index (χ0) is 14.0. The number of halogens is 4. The van der Waals surface area contributed by atoms with Crippen LogP contribution < -0.4 is 0 Å². The van der Waals surface area contributed by atoms with E-state index in [2.05, 4.69) is 0 Å². The second kappa shape index (κ2) is 5.91. The van der Waals surface area contributed by atoms with E-state index in [1.807, 2.05) is 0 Å². The summed E-state index contributed by atoms with van der Waals surface area (Å²) < 4.78 is 13.0. The Morgan fingerprint density at radius 3 is 2.37 bits per heavy atom.